The molecule has 3 atom stereocenters. The summed E-state index contributed by atoms with van der Waals surface area (Å²) < 4.78 is 0. The second-order valence-corrected chi connectivity index (χ2v) is 7.02. The summed E-state index contributed by atoms with van der Waals surface area (Å²) in [5, 5.41) is 9.15. The quantitative estimate of drug-likeness (QED) is 0.496. The number of nitrogens with zero attached hydrogens (tertiary/aromatic N) is 1. The Hall–Kier alpha value is -0.840. The van der Waals surface area contributed by atoms with Gasteiger partial charge in [0.2, 0.25) is 0 Å². The molecule has 0 aliphatic heterocycles. The summed E-state index contributed by atoms with van der Waals surface area (Å²) >= 11 is 17.1. The van der Waals surface area contributed by atoms with Crippen molar-refractivity contribution in [3.63, 3.8) is 0 Å². The fourth-order valence-corrected chi connectivity index (χ4v) is 3.89. The van der Waals surface area contributed by atoms with Crippen LogP contribution in [0.2, 0.25) is 10.0 Å². The van der Waals surface area contributed by atoms with Crippen LogP contribution in [-0.2, 0) is 0 Å². The van der Waals surface area contributed by atoms with Gasteiger partial charge in [0.15, 0.2) is 5.11 Å². The van der Waals surface area contributed by atoms with E-state index in [1.54, 1.807) is 18.3 Å². The molecule has 3 nitrogen and oxygen atoms in total. The van der Waals surface area contributed by atoms with Gasteiger partial charge in [-0.1, -0.05) is 35.7 Å². The molecule has 3 rings (SSSR count). The zero-order valence-electron chi connectivity index (χ0n) is 11.5. The molecular formula is C15H17Cl2N3S. The Bertz CT molecular complexity index is 576. The molecule has 1 aromatic rings. The predicted octanol–water partition coefficient (Wildman–Crippen LogP) is 3.98. The summed E-state index contributed by atoms with van der Waals surface area (Å²) in [5.41, 5.74) is 3.74. The monoisotopic (exact) mass is 341 g/mol. The van der Waals surface area contributed by atoms with Crippen molar-refractivity contribution in [1.82, 2.24) is 10.7 Å². The van der Waals surface area contributed by atoms with Crippen molar-refractivity contribution < 1.29 is 0 Å². The van der Waals surface area contributed by atoms with Crippen LogP contribution < -0.4 is 10.7 Å². The van der Waals surface area contributed by atoms with Gasteiger partial charge in [0.1, 0.15) is 0 Å². The Kier molecular flexibility index (Phi) is 4.67. The molecule has 2 aliphatic carbocycles. The highest BCUT2D eigenvalue weighted by Crippen LogP contribution is 2.44. The second kappa shape index (κ2) is 6.51. The molecule has 0 unspecified atom stereocenters. The number of fused-ring (bicyclic) bond motifs is 2. The average molecular weight is 342 g/mol. The molecule has 0 aromatic heterocycles. The van der Waals surface area contributed by atoms with E-state index in [9.17, 15) is 0 Å². The van der Waals surface area contributed by atoms with Crippen molar-refractivity contribution in [3.05, 3.63) is 33.8 Å². The van der Waals surface area contributed by atoms with Gasteiger partial charge in [0.25, 0.3) is 0 Å². The second-order valence-electron chi connectivity index (χ2n) is 5.80. The lowest BCUT2D eigenvalue weighted by atomic mass is 9.96. The van der Waals surface area contributed by atoms with Crippen LogP contribution in [0.15, 0.2) is 23.3 Å². The molecule has 21 heavy (non-hydrogen) atoms. The van der Waals surface area contributed by atoms with Gasteiger partial charge in [-0.2, -0.15) is 5.10 Å². The molecule has 0 radical (unpaired) electrons. The van der Waals surface area contributed by atoms with Gasteiger partial charge >= 0.3 is 0 Å². The van der Waals surface area contributed by atoms with E-state index in [0.29, 0.717) is 21.2 Å². The SMILES string of the molecule is S=C(N/N=C\c1ccc(Cl)c(Cl)c1)N[C@@H]1C[C@@H]2CC[C@@H]1C2. The van der Waals surface area contributed by atoms with Gasteiger partial charge in [-0.3, -0.25) is 5.43 Å². The first-order valence-corrected chi connectivity index (χ1v) is 8.33. The first kappa shape index (κ1) is 15.1. The minimum absolute atomic E-state index is 0.517. The third kappa shape index (κ3) is 3.68. The van der Waals surface area contributed by atoms with E-state index in [1.165, 1.54) is 25.7 Å². The van der Waals surface area contributed by atoms with Crippen molar-refractivity contribution in [3.8, 4) is 0 Å². The lowest BCUT2D eigenvalue weighted by Crippen LogP contribution is -2.42. The number of rotatable bonds is 3. The molecule has 6 heteroatoms. The van der Waals surface area contributed by atoms with Gasteiger partial charge in [-0.05, 0) is 61.0 Å². The van der Waals surface area contributed by atoms with Gasteiger partial charge < -0.3 is 5.32 Å². The molecule has 2 saturated carbocycles. The molecule has 112 valence electrons. The summed E-state index contributed by atoms with van der Waals surface area (Å²) in [5.74, 6) is 1.68. The topological polar surface area (TPSA) is 36.4 Å². The molecule has 2 aliphatic rings. The van der Waals surface area contributed by atoms with Crippen LogP contribution in [0, 0.1) is 11.8 Å². The number of benzene rings is 1. The van der Waals surface area contributed by atoms with Crippen LogP contribution >= 0.6 is 35.4 Å². The first-order chi connectivity index (χ1) is 10.1. The lowest BCUT2D eigenvalue weighted by molar-refractivity contribution is 0.389. The van der Waals surface area contributed by atoms with Crippen molar-refractivity contribution in [1.29, 1.82) is 0 Å². The van der Waals surface area contributed by atoms with E-state index in [-0.39, 0.29) is 0 Å². The van der Waals surface area contributed by atoms with Crippen LogP contribution in [0.1, 0.15) is 31.2 Å². The summed E-state index contributed by atoms with van der Waals surface area (Å²) in [6.45, 7) is 0. The van der Waals surface area contributed by atoms with E-state index < -0.39 is 0 Å². The van der Waals surface area contributed by atoms with Gasteiger partial charge in [-0.25, -0.2) is 0 Å². The fraction of sp³-hybridized carbons (Fsp3) is 0.467. The summed E-state index contributed by atoms with van der Waals surface area (Å²) in [7, 11) is 0. The molecule has 2 fully saturated rings. The fourth-order valence-electron chi connectivity index (χ4n) is 3.38. The summed E-state index contributed by atoms with van der Waals surface area (Å²) in [6, 6.07) is 5.88. The third-order valence-corrected chi connectivity index (χ3v) is 5.33. The van der Waals surface area contributed by atoms with E-state index >= 15 is 0 Å². The molecule has 0 amide bonds. The number of thiocarbonyl (C=S) groups is 1. The minimum atomic E-state index is 0.517. The maximum absolute atomic E-state index is 5.95. The van der Waals surface area contributed by atoms with E-state index in [2.05, 4.69) is 15.8 Å². The third-order valence-electron chi connectivity index (χ3n) is 4.38. The van der Waals surface area contributed by atoms with Gasteiger partial charge in [0.05, 0.1) is 16.3 Å². The van der Waals surface area contributed by atoms with Gasteiger partial charge in [-0.15, -0.1) is 0 Å². The Morgan fingerprint density at radius 2 is 2.10 bits per heavy atom. The Morgan fingerprint density at radius 3 is 2.76 bits per heavy atom. The van der Waals surface area contributed by atoms with Crippen molar-refractivity contribution in [2.75, 3.05) is 0 Å². The minimum Gasteiger partial charge on any atom is -0.358 e. The molecule has 2 bridgehead atoms. The molecular weight excluding hydrogens is 325 g/mol. The van der Waals surface area contributed by atoms with Gasteiger partial charge in [0, 0.05) is 6.04 Å². The number of hydrogen-bond donors (Lipinski definition) is 2. The highest BCUT2D eigenvalue weighted by Gasteiger charge is 2.39. The van der Waals surface area contributed by atoms with Crippen LogP contribution in [0.4, 0.5) is 0 Å². The lowest BCUT2D eigenvalue weighted by Gasteiger charge is -2.23. The van der Waals surface area contributed by atoms with E-state index in [1.807, 2.05) is 6.07 Å². The zero-order valence-corrected chi connectivity index (χ0v) is 13.8. The van der Waals surface area contributed by atoms with E-state index in [0.717, 1.165) is 17.4 Å². The van der Waals surface area contributed by atoms with E-state index in [4.69, 9.17) is 35.4 Å². The molecule has 0 spiro atoms. The summed E-state index contributed by atoms with van der Waals surface area (Å²) in [4.78, 5) is 0. The van der Waals surface area contributed by atoms with Crippen molar-refractivity contribution in [2.45, 2.75) is 31.7 Å². The normalized spacial score (nSPS) is 27.2. The number of hydrazone groups is 1. The number of halogens is 2. The number of hydrogen-bond acceptors (Lipinski definition) is 2. The molecule has 0 saturated heterocycles. The maximum Gasteiger partial charge on any atom is 0.187 e. The number of nitrogens with one attached hydrogen (secondary N) is 2. The first-order valence-electron chi connectivity index (χ1n) is 7.16. The standard InChI is InChI=1S/C15H17Cl2N3S/c16-12-4-2-10(6-13(12)17)8-18-20-15(21)19-14-7-9-1-3-11(14)5-9/h2,4,6,8-9,11,14H,1,3,5,7H2,(H2,19,20,21)/b18-8-/t9-,11-,14-/m1/s1. The van der Waals surface area contributed by atoms with Crippen molar-refractivity contribution in [2.24, 2.45) is 16.9 Å². The van der Waals surface area contributed by atoms with Crippen molar-refractivity contribution >= 4 is 46.7 Å². The summed E-state index contributed by atoms with van der Waals surface area (Å²) in [6.07, 6.45) is 6.99. The highest BCUT2D eigenvalue weighted by molar-refractivity contribution is 7.80. The zero-order chi connectivity index (χ0) is 14.8. The average Bonchev–Trinajstić information content (AvgIpc) is 3.05. The smallest absolute Gasteiger partial charge is 0.187 e. The molecule has 0 heterocycles. The molecule has 1 aromatic carbocycles. The Labute approximate surface area is 140 Å². The molecule has 2 N–H and O–H groups in total. The largest absolute Gasteiger partial charge is 0.358 e. The highest BCUT2D eigenvalue weighted by atomic mass is 35.5. The van der Waals surface area contributed by atoms with Crippen LogP contribution in [-0.4, -0.2) is 17.4 Å². The predicted molar refractivity (Wildman–Crippen MR) is 92.2 cm³/mol. The Balaban J connectivity index is 1.49. The maximum atomic E-state index is 5.95. The Morgan fingerprint density at radius 1 is 1.24 bits per heavy atom. The van der Waals surface area contributed by atoms with Crippen LogP contribution in [0.5, 0.6) is 0 Å². The van der Waals surface area contributed by atoms with Crippen LogP contribution in [0.3, 0.4) is 0 Å². The van der Waals surface area contributed by atoms with Crippen LogP contribution in [0.25, 0.3) is 0 Å².